The van der Waals surface area contributed by atoms with E-state index in [9.17, 15) is 0 Å². The Kier molecular flexibility index (Phi) is 7.50. The summed E-state index contributed by atoms with van der Waals surface area (Å²) in [7, 11) is 0. The van der Waals surface area contributed by atoms with Gasteiger partial charge in [-0.1, -0.05) is 127 Å². The summed E-state index contributed by atoms with van der Waals surface area (Å²) in [6.07, 6.45) is 1.78. The predicted molar refractivity (Wildman–Crippen MR) is 246 cm³/mol. The quantitative estimate of drug-likeness (QED) is 0.170. The van der Waals surface area contributed by atoms with Gasteiger partial charge in [0.25, 0.3) is 0 Å². The molecule has 0 atom stereocenters. The van der Waals surface area contributed by atoms with Crippen LogP contribution in [-0.4, -0.2) is 9.55 Å². The molecule has 4 heteroatoms. The maximum atomic E-state index is 6.13. The van der Waals surface area contributed by atoms with Crippen LogP contribution in [0.1, 0.15) is 0 Å². The highest BCUT2D eigenvalue weighted by molar-refractivity contribution is 6.21. The fourth-order valence-corrected chi connectivity index (χ4v) is 9.10. The first kappa shape index (κ1) is 33.2. The lowest BCUT2D eigenvalue weighted by Gasteiger charge is -2.26. The van der Waals surface area contributed by atoms with E-state index in [1.807, 2.05) is 12.1 Å². The van der Waals surface area contributed by atoms with Crippen LogP contribution < -0.4 is 4.90 Å². The molecule has 4 nitrogen and oxygen atoms in total. The second-order valence-electron chi connectivity index (χ2n) is 15.2. The van der Waals surface area contributed by atoms with Crippen LogP contribution in [0, 0.1) is 0 Å². The standard InChI is InChI=1S/C55H35N3O/c1-2-12-40-35-45(31-23-36(40)10-1)57(42-29-24-39(25-30-42)47-17-8-20-52-54(47)49-18-9-33-56-55(49)59-52)44-14-7-13-41(34-44)37-21-27-43(28-22-37)58-50-19-6-5-16-48(50)53-46-15-4-3-11-38(46)26-32-51(53)58/h1-35H. The highest BCUT2D eigenvalue weighted by Crippen LogP contribution is 2.42. The third kappa shape index (κ3) is 5.42. The van der Waals surface area contributed by atoms with E-state index in [0.717, 1.165) is 61.4 Å². The van der Waals surface area contributed by atoms with Gasteiger partial charge in [-0.3, -0.25) is 0 Å². The number of furan rings is 1. The number of fused-ring (bicyclic) bond motifs is 9. The molecule has 59 heavy (non-hydrogen) atoms. The zero-order valence-corrected chi connectivity index (χ0v) is 32.0. The third-order valence-electron chi connectivity index (χ3n) is 11.8. The second-order valence-corrected chi connectivity index (χ2v) is 15.2. The summed E-state index contributed by atoms with van der Waals surface area (Å²) in [5.41, 5.74) is 12.8. The van der Waals surface area contributed by atoms with Crippen molar-refractivity contribution in [3.05, 3.63) is 212 Å². The summed E-state index contributed by atoms with van der Waals surface area (Å²) in [4.78, 5) is 6.84. The Hall–Kier alpha value is -7.95. The largest absolute Gasteiger partial charge is 0.438 e. The first-order valence-corrected chi connectivity index (χ1v) is 20.0. The number of pyridine rings is 1. The SMILES string of the molecule is c1cc(-c2ccc(-n3c4ccccc4c4c5ccccc5ccc43)cc2)cc(N(c2ccc(-c3cccc4oc5ncccc5c34)cc2)c2ccc3ccccc3c2)c1. The topological polar surface area (TPSA) is 34.2 Å². The van der Waals surface area contributed by atoms with Gasteiger partial charge in [-0.25, -0.2) is 4.98 Å². The van der Waals surface area contributed by atoms with E-state index in [2.05, 4.69) is 209 Å². The molecule has 12 rings (SSSR count). The molecule has 0 saturated carbocycles. The maximum Gasteiger partial charge on any atom is 0.227 e. The molecule has 3 aromatic heterocycles. The van der Waals surface area contributed by atoms with Crippen molar-refractivity contribution < 1.29 is 4.42 Å². The van der Waals surface area contributed by atoms with Crippen LogP contribution in [0.2, 0.25) is 0 Å². The van der Waals surface area contributed by atoms with E-state index in [1.54, 1.807) is 6.20 Å². The predicted octanol–water partition coefficient (Wildman–Crippen LogP) is 15.2. The van der Waals surface area contributed by atoms with Crippen LogP contribution in [0.15, 0.2) is 217 Å². The van der Waals surface area contributed by atoms with Gasteiger partial charge >= 0.3 is 0 Å². The van der Waals surface area contributed by atoms with Crippen molar-refractivity contribution >= 4 is 82.5 Å². The van der Waals surface area contributed by atoms with Crippen molar-refractivity contribution in [2.24, 2.45) is 0 Å². The summed E-state index contributed by atoms with van der Waals surface area (Å²) in [5, 5.41) is 9.61. The summed E-state index contributed by atoms with van der Waals surface area (Å²) in [5.74, 6) is 0. The minimum absolute atomic E-state index is 0.656. The van der Waals surface area contributed by atoms with Gasteiger partial charge in [0.05, 0.1) is 11.0 Å². The Bertz CT molecular complexity index is 3560. The molecule has 0 aliphatic heterocycles. The minimum Gasteiger partial charge on any atom is -0.438 e. The molecule has 12 aromatic rings. The van der Waals surface area contributed by atoms with Gasteiger partial charge in [-0.15, -0.1) is 0 Å². The molecule has 0 bridgehead atoms. The number of hydrogen-bond donors (Lipinski definition) is 0. The first-order chi connectivity index (χ1) is 29.2. The van der Waals surface area contributed by atoms with Gasteiger partial charge in [0.2, 0.25) is 5.71 Å². The van der Waals surface area contributed by atoms with E-state index < -0.39 is 0 Å². The van der Waals surface area contributed by atoms with Gasteiger partial charge < -0.3 is 13.9 Å². The fourth-order valence-electron chi connectivity index (χ4n) is 9.10. The zero-order chi connectivity index (χ0) is 38.9. The lowest BCUT2D eigenvalue weighted by molar-refractivity contribution is 0.654. The van der Waals surface area contributed by atoms with E-state index >= 15 is 0 Å². The Labute approximate surface area is 340 Å². The molecule has 0 amide bonds. The Morgan fingerprint density at radius 3 is 1.98 bits per heavy atom. The van der Waals surface area contributed by atoms with Crippen LogP contribution in [0.25, 0.3) is 93.4 Å². The molecule has 0 spiro atoms. The first-order valence-electron chi connectivity index (χ1n) is 20.0. The molecule has 9 aromatic carbocycles. The minimum atomic E-state index is 0.656. The number of benzene rings is 9. The number of hydrogen-bond acceptors (Lipinski definition) is 3. The summed E-state index contributed by atoms with van der Waals surface area (Å²) < 4.78 is 8.53. The number of aromatic nitrogens is 2. The van der Waals surface area contributed by atoms with Crippen molar-refractivity contribution in [1.29, 1.82) is 0 Å². The summed E-state index contributed by atoms with van der Waals surface area (Å²) in [6.45, 7) is 0. The van der Waals surface area contributed by atoms with Crippen LogP contribution in [0.3, 0.4) is 0 Å². The van der Waals surface area contributed by atoms with Crippen molar-refractivity contribution in [2.45, 2.75) is 0 Å². The Balaban J connectivity index is 0.950. The van der Waals surface area contributed by atoms with E-state index in [1.165, 1.54) is 43.4 Å². The van der Waals surface area contributed by atoms with E-state index in [-0.39, 0.29) is 0 Å². The number of nitrogens with zero attached hydrogens (tertiary/aromatic N) is 3. The molecule has 3 heterocycles. The molecular weight excluding hydrogens is 719 g/mol. The monoisotopic (exact) mass is 753 g/mol. The summed E-state index contributed by atoms with van der Waals surface area (Å²) >= 11 is 0. The highest BCUT2D eigenvalue weighted by atomic mass is 16.3. The number of rotatable bonds is 6. The van der Waals surface area contributed by atoms with Crippen LogP contribution in [-0.2, 0) is 0 Å². The van der Waals surface area contributed by atoms with E-state index in [4.69, 9.17) is 4.42 Å². The van der Waals surface area contributed by atoms with Crippen molar-refractivity contribution in [3.63, 3.8) is 0 Å². The molecule has 0 radical (unpaired) electrons. The maximum absolute atomic E-state index is 6.13. The molecule has 0 unspecified atom stereocenters. The molecule has 276 valence electrons. The molecule has 0 saturated heterocycles. The second kappa shape index (κ2) is 13.3. The molecule has 0 N–H and O–H groups in total. The average molecular weight is 754 g/mol. The lowest BCUT2D eigenvalue weighted by Crippen LogP contribution is -2.10. The van der Waals surface area contributed by atoms with Gasteiger partial charge in [-0.05, 0) is 123 Å². The highest BCUT2D eigenvalue weighted by Gasteiger charge is 2.18. The number of para-hydroxylation sites is 1. The molecule has 0 fully saturated rings. The normalized spacial score (nSPS) is 11.7. The van der Waals surface area contributed by atoms with Gasteiger partial charge in [-0.2, -0.15) is 0 Å². The van der Waals surface area contributed by atoms with Gasteiger partial charge in [0, 0.05) is 50.5 Å². The molecule has 0 aliphatic rings. The van der Waals surface area contributed by atoms with Crippen LogP contribution >= 0.6 is 0 Å². The lowest BCUT2D eigenvalue weighted by atomic mass is 9.99. The Morgan fingerprint density at radius 2 is 1.10 bits per heavy atom. The Morgan fingerprint density at radius 1 is 0.407 bits per heavy atom. The molecule has 0 aliphatic carbocycles. The average Bonchev–Trinajstić information content (AvgIpc) is 3.86. The third-order valence-corrected chi connectivity index (χ3v) is 11.8. The summed E-state index contributed by atoms with van der Waals surface area (Å²) in [6, 6.07) is 74.2. The van der Waals surface area contributed by atoms with Crippen LogP contribution in [0.4, 0.5) is 17.1 Å². The van der Waals surface area contributed by atoms with Crippen molar-refractivity contribution in [3.8, 4) is 27.9 Å². The number of anilines is 3. The fraction of sp³-hybridized carbons (Fsp3) is 0. The van der Waals surface area contributed by atoms with E-state index in [0.29, 0.717) is 5.71 Å². The van der Waals surface area contributed by atoms with Gasteiger partial charge in [0.1, 0.15) is 5.58 Å². The van der Waals surface area contributed by atoms with Crippen LogP contribution in [0.5, 0.6) is 0 Å². The smallest absolute Gasteiger partial charge is 0.227 e. The van der Waals surface area contributed by atoms with Crippen molar-refractivity contribution in [1.82, 2.24) is 9.55 Å². The zero-order valence-electron chi connectivity index (χ0n) is 32.0. The van der Waals surface area contributed by atoms with Gasteiger partial charge in [0.15, 0.2) is 0 Å². The van der Waals surface area contributed by atoms with Crippen molar-refractivity contribution in [2.75, 3.05) is 4.90 Å². The molecular formula is C55H35N3O.